The molecule has 0 unspecified atom stereocenters. The number of carbonyl (C=O) groups is 2. The van der Waals surface area contributed by atoms with Crippen LogP contribution in [-0.4, -0.2) is 29.6 Å². The van der Waals surface area contributed by atoms with E-state index in [0.717, 1.165) is 37.6 Å². The van der Waals surface area contributed by atoms with Crippen LogP contribution in [-0.2, 0) is 4.74 Å². The summed E-state index contributed by atoms with van der Waals surface area (Å²) < 4.78 is 7.59. The van der Waals surface area contributed by atoms with E-state index in [1.165, 1.54) is 12.8 Å². The number of rotatable bonds is 9. The molecule has 1 aromatic rings. The molecule has 0 aliphatic carbocycles. The first-order chi connectivity index (χ1) is 12.9. The van der Waals surface area contributed by atoms with Crippen LogP contribution in [0.1, 0.15) is 45.4 Å². The van der Waals surface area contributed by atoms with Gasteiger partial charge in [0.2, 0.25) is 0 Å². The van der Waals surface area contributed by atoms with E-state index in [1.807, 2.05) is 0 Å². The minimum Gasteiger partial charge on any atom is -0.465 e. The second kappa shape index (κ2) is 12.7. The third kappa shape index (κ3) is 8.73. The molecule has 0 bridgehead atoms. The molecule has 1 rings (SSSR count). The van der Waals surface area contributed by atoms with Gasteiger partial charge in [0.05, 0.1) is 16.7 Å². The predicted octanol–water partition coefficient (Wildman–Crippen LogP) is 5.40. The molecule has 1 aromatic carbocycles. The van der Waals surface area contributed by atoms with Gasteiger partial charge in [0, 0.05) is 4.90 Å². The summed E-state index contributed by atoms with van der Waals surface area (Å²) in [6, 6.07) is 2.19. The zero-order valence-corrected chi connectivity index (χ0v) is 17.4. The first kappa shape index (κ1) is 23.4. The van der Waals surface area contributed by atoms with Gasteiger partial charge in [0.25, 0.3) is 0 Å². The van der Waals surface area contributed by atoms with E-state index < -0.39 is 18.1 Å². The molecular weight excluding hydrogens is 411 g/mol. The number of nitrogens with two attached hydrogens (primary N) is 1. The molecule has 0 spiro atoms. The minimum absolute atomic E-state index is 0.238. The van der Waals surface area contributed by atoms with E-state index in [4.69, 9.17) is 39.1 Å². The fourth-order valence-corrected chi connectivity index (χ4v) is 3.07. The lowest BCUT2D eigenvalue weighted by atomic mass is 10.1. The smallest absolute Gasteiger partial charge is 0.344 e. The number of amides is 4. The molecule has 0 heterocycles. The molecule has 0 aromatic heterocycles. The van der Waals surface area contributed by atoms with Crippen LogP contribution in [0.25, 0.3) is 0 Å². The molecule has 0 aliphatic rings. The van der Waals surface area contributed by atoms with Gasteiger partial charge in [-0.25, -0.2) is 9.59 Å². The van der Waals surface area contributed by atoms with E-state index in [9.17, 15) is 9.59 Å². The number of halogens is 2. The monoisotopic (exact) mass is 434 g/mol. The van der Waals surface area contributed by atoms with Crippen molar-refractivity contribution in [2.75, 3.05) is 6.61 Å². The van der Waals surface area contributed by atoms with Crippen LogP contribution in [0.5, 0.6) is 0 Å². The summed E-state index contributed by atoms with van der Waals surface area (Å²) in [6.07, 6.45) is 6.31. The van der Waals surface area contributed by atoms with Gasteiger partial charge in [-0.3, -0.25) is 10.1 Å². The van der Waals surface area contributed by atoms with Crippen molar-refractivity contribution >= 4 is 53.2 Å². The lowest BCUT2D eigenvalue weighted by Crippen LogP contribution is -2.48. The Balaban J connectivity index is 2.46. The number of urea groups is 2. The number of benzene rings is 1. The second-order valence-corrected chi connectivity index (χ2v) is 7.37. The Morgan fingerprint density at radius 2 is 1.85 bits per heavy atom. The number of nitrogens with zero attached hydrogens (tertiary/aromatic N) is 1. The Labute approximate surface area is 173 Å². The quantitative estimate of drug-likeness (QED) is 0.209. The van der Waals surface area contributed by atoms with Gasteiger partial charge < -0.3 is 10.5 Å². The van der Waals surface area contributed by atoms with Gasteiger partial charge in [-0.2, -0.15) is 4.90 Å². The summed E-state index contributed by atoms with van der Waals surface area (Å²) in [5.41, 5.74) is 5.19. The van der Waals surface area contributed by atoms with Crippen molar-refractivity contribution in [2.45, 2.75) is 50.3 Å². The maximum Gasteiger partial charge on any atom is 0.344 e. The number of amidine groups is 1. The standard InChI is InChI=1S/C17H24Cl2N4O3S/c1-2-3-4-5-6-7-10-26-16(21)23(15(20)24)17(25)22-27-12-8-9-13(18)14(19)11-12/h8-9,11,21H,2-7,10H2,1H3,(H2,20,24)(H,22,25). The molecule has 0 saturated heterocycles. The molecule has 4 N–H and O–H groups in total. The maximum atomic E-state index is 12.2. The molecule has 0 fully saturated rings. The number of unbranched alkanes of at least 4 members (excludes halogenated alkanes) is 5. The average Bonchev–Trinajstić information content (AvgIpc) is 2.61. The van der Waals surface area contributed by atoms with E-state index in [0.29, 0.717) is 19.8 Å². The molecule has 0 aliphatic heterocycles. The first-order valence-corrected chi connectivity index (χ1v) is 10.2. The van der Waals surface area contributed by atoms with Crippen LogP contribution < -0.4 is 10.5 Å². The Bertz CT molecular complexity index is 661. The van der Waals surface area contributed by atoms with E-state index in [-0.39, 0.29) is 6.61 Å². The van der Waals surface area contributed by atoms with Gasteiger partial charge in [-0.05, 0) is 36.6 Å². The first-order valence-electron chi connectivity index (χ1n) is 8.59. The third-order valence-electron chi connectivity index (χ3n) is 3.51. The number of hydrogen-bond acceptors (Lipinski definition) is 5. The zero-order valence-electron chi connectivity index (χ0n) is 15.1. The molecule has 27 heavy (non-hydrogen) atoms. The van der Waals surface area contributed by atoms with Crippen molar-refractivity contribution in [1.82, 2.24) is 9.62 Å². The number of ether oxygens (including phenoxy) is 1. The van der Waals surface area contributed by atoms with Gasteiger partial charge in [0.1, 0.15) is 0 Å². The molecular formula is C17H24Cl2N4O3S. The van der Waals surface area contributed by atoms with Crippen LogP contribution >= 0.6 is 35.1 Å². The Morgan fingerprint density at radius 3 is 2.48 bits per heavy atom. The summed E-state index contributed by atoms with van der Waals surface area (Å²) in [5.74, 6) is 0. The lowest BCUT2D eigenvalue weighted by Gasteiger charge is -2.19. The van der Waals surface area contributed by atoms with Crippen molar-refractivity contribution in [2.24, 2.45) is 5.73 Å². The topological polar surface area (TPSA) is 109 Å². The van der Waals surface area contributed by atoms with Gasteiger partial charge in [-0.1, -0.05) is 62.2 Å². The van der Waals surface area contributed by atoms with Gasteiger partial charge >= 0.3 is 18.1 Å². The van der Waals surface area contributed by atoms with E-state index in [1.54, 1.807) is 18.2 Å². The molecule has 0 atom stereocenters. The SMILES string of the molecule is CCCCCCCCOC(=N)N(C(N)=O)C(=O)NSc1ccc(Cl)c(Cl)c1. The van der Waals surface area contributed by atoms with Crippen molar-refractivity contribution in [3.8, 4) is 0 Å². The highest BCUT2D eigenvalue weighted by Gasteiger charge is 2.25. The molecule has 150 valence electrons. The number of imide groups is 1. The number of hydrogen-bond donors (Lipinski definition) is 3. The predicted molar refractivity (Wildman–Crippen MR) is 109 cm³/mol. The summed E-state index contributed by atoms with van der Waals surface area (Å²) in [7, 11) is 0. The van der Waals surface area contributed by atoms with Crippen LogP contribution in [0.15, 0.2) is 23.1 Å². The molecule has 0 saturated carbocycles. The lowest BCUT2D eigenvalue weighted by molar-refractivity contribution is 0.193. The maximum absolute atomic E-state index is 12.2. The Kier molecular flexibility index (Phi) is 11.0. The molecule has 0 radical (unpaired) electrons. The summed E-state index contributed by atoms with van der Waals surface area (Å²) >= 11 is 12.6. The zero-order chi connectivity index (χ0) is 20.2. The van der Waals surface area contributed by atoms with Crippen molar-refractivity contribution < 1.29 is 14.3 Å². The highest BCUT2D eigenvalue weighted by atomic mass is 35.5. The minimum atomic E-state index is -1.10. The van der Waals surface area contributed by atoms with E-state index in [2.05, 4.69) is 11.6 Å². The Hall–Kier alpha value is -1.64. The summed E-state index contributed by atoms with van der Waals surface area (Å²) in [5, 5.41) is 8.51. The Morgan fingerprint density at radius 1 is 1.19 bits per heavy atom. The van der Waals surface area contributed by atoms with Crippen molar-refractivity contribution in [3.63, 3.8) is 0 Å². The number of primary amides is 1. The summed E-state index contributed by atoms with van der Waals surface area (Å²) in [6.45, 7) is 2.38. The molecule has 4 amide bonds. The van der Waals surface area contributed by atoms with Crippen LogP contribution in [0.4, 0.5) is 9.59 Å². The van der Waals surface area contributed by atoms with Gasteiger partial charge in [0.15, 0.2) is 0 Å². The summed E-state index contributed by atoms with van der Waals surface area (Å²) in [4.78, 5) is 24.7. The third-order valence-corrected chi connectivity index (χ3v) is 5.02. The normalized spacial score (nSPS) is 10.3. The van der Waals surface area contributed by atoms with Crippen LogP contribution in [0, 0.1) is 5.41 Å². The van der Waals surface area contributed by atoms with E-state index >= 15 is 0 Å². The fourth-order valence-electron chi connectivity index (χ4n) is 2.10. The highest BCUT2D eigenvalue weighted by molar-refractivity contribution is 7.98. The molecule has 7 nitrogen and oxygen atoms in total. The number of carbonyl (C=O) groups excluding carboxylic acids is 2. The number of nitrogens with one attached hydrogen (secondary N) is 2. The van der Waals surface area contributed by atoms with Crippen molar-refractivity contribution in [3.05, 3.63) is 28.2 Å². The fraction of sp³-hybridized carbons (Fsp3) is 0.471. The van der Waals surface area contributed by atoms with Gasteiger partial charge in [-0.15, -0.1) is 0 Å². The second-order valence-electron chi connectivity index (χ2n) is 5.68. The van der Waals surface area contributed by atoms with Crippen molar-refractivity contribution in [1.29, 1.82) is 5.41 Å². The van der Waals surface area contributed by atoms with Crippen LogP contribution in [0.3, 0.4) is 0 Å². The van der Waals surface area contributed by atoms with Crippen LogP contribution in [0.2, 0.25) is 10.0 Å². The average molecular weight is 435 g/mol. The highest BCUT2D eigenvalue weighted by Crippen LogP contribution is 2.26. The molecule has 10 heteroatoms. The largest absolute Gasteiger partial charge is 0.465 e.